The first-order valence-corrected chi connectivity index (χ1v) is 5.89. The fourth-order valence-electron chi connectivity index (χ4n) is 1.70. The van der Waals surface area contributed by atoms with Gasteiger partial charge in [-0.05, 0) is 24.3 Å². The lowest BCUT2D eigenvalue weighted by Gasteiger charge is -2.06. The van der Waals surface area contributed by atoms with Crippen molar-refractivity contribution in [3.63, 3.8) is 0 Å². The summed E-state index contributed by atoms with van der Waals surface area (Å²) in [5.41, 5.74) is 0.216. The van der Waals surface area contributed by atoms with Crippen LogP contribution in [0.2, 0.25) is 0 Å². The lowest BCUT2D eigenvalue weighted by molar-refractivity contribution is 0.0546. The molecule has 0 aliphatic carbocycles. The van der Waals surface area contributed by atoms with E-state index < -0.39 is 11.9 Å². The van der Waals surface area contributed by atoms with Crippen molar-refractivity contribution >= 4 is 11.9 Å². The standard InChI is InChI=1S/C13H13N3O5/c1-19-9-6-4-8(5-7-9)16-11(13(18)21-3)10(14-15-16)12(17)20-2/h4-7H,1-3H3. The van der Waals surface area contributed by atoms with E-state index in [2.05, 4.69) is 19.8 Å². The van der Waals surface area contributed by atoms with Gasteiger partial charge >= 0.3 is 11.9 Å². The maximum absolute atomic E-state index is 11.9. The molecule has 0 bridgehead atoms. The summed E-state index contributed by atoms with van der Waals surface area (Å²) in [6, 6.07) is 6.72. The van der Waals surface area contributed by atoms with E-state index in [9.17, 15) is 9.59 Å². The summed E-state index contributed by atoms with van der Waals surface area (Å²) < 4.78 is 15.5. The molecule has 0 N–H and O–H groups in total. The van der Waals surface area contributed by atoms with E-state index in [1.807, 2.05) is 0 Å². The van der Waals surface area contributed by atoms with Crippen LogP contribution in [-0.2, 0) is 9.47 Å². The van der Waals surface area contributed by atoms with Gasteiger partial charge in [0.25, 0.3) is 0 Å². The van der Waals surface area contributed by atoms with Crippen LogP contribution in [0, 0.1) is 0 Å². The van der Waals surface area contributed by atoms with Crippen molar-refractivity contribution in [1.82, 2.24) is 15.0 Å². The van der Waals surface area contributed by atoms with Crippen molar-refractivity contribution in [2.75, 3.05) is 21.3 Å². The quantitative estimate of drug-likeness (QED) is 0.771. The second-order valence-electron chi connectivity index (χ2n) is 3.88. The van der Waals surface area contributed by atoms with Crippen molar-refractivity contribution in [1.29, 1.82) is 0 Å². The third-order valence-corrected chi connectivity index (χ3v) is 2.74. The van der Waals surface area contributed by atoms with E-state index in [0.29, 0.717) is 11.4 Å². The zero-order valence-corrected chi connectivity index (χ0v) is 11.7. The molecule has 0 aliphatic rings. The molecule has 0 spiro atoms. The number of hydrogen-bond acceptors (Lipinski definition) is 7. The van der Waals surface area contributed by atoms with Crippen LogP contribution in [0.15, 0.2) is 24.3 Å². The summed E-state index contributed by atoms with van der Waals surface area (Å²) in [6.45, 7) is 0. The van der Waals surface area contributed by atoms with Crippen molar-refractivity contribution < 1.29 is 23.8 Å². The monoisotopic (exact) mass is 291 g/mol. The molecule has 0 saturated carbocycles. The highest BCUT2D eigenvalue weighted by Crippen LogP contribution is 2.18. The van der Waals surface area contributed by atoms with E-state index in [4.69, 9.17) is 4.74 Å². The van der Waals surface area contributed by atoms with Gasteiger partial charge in [-0.15, -0.1) is 5.10 Å². The molecule has 2 aromatic rings. The Labute approximate surface area is 120 Å². The second kappa shape index (κ2) is 6.04. The lowest BCUT2D eigenvalue weighted by atomic mass is 10.2. The summed E-state index contributed by atoms with van der Waals surface area (Å²) >= 11 is 0. The van der Waals surface area contributed by atoms with E-state index in [0.717, 1.165) is 0 Å². The van der Waals surface area contributed by atoms with Gasteiger partial charge in [-0.2, -0.15) is 0 Å². The Bertz CT molecular complexity index is 663. The van der Waals surface area contributed by atoms with Crippen LogP contribution in [0.3, 0.4) is 0 Å². The van der Waals surface area contributed by atoms with Crippen molar-refractivity contribution in [2.45, 2.75) is 0 Å². The molecule has 0 radical (unpaired) electrons. The lowest BCUT2D eigenvalue weighted by Crippen LogP contribution is -2.15. The summed E-state index contributed by atoms with van der Waals surface area (Å²) in [6.07, 6.45) is 0. The van der Waals surface area contributed by atoms with Gasteiger partial charge in [-0.1, -0.05) is 5.21 Å². The molecule has 0 aliphatic heterocycles. The highest BCUT2D eigenvalue weighted by atomic mass is 16.5. The van der Waals surface area contributed by atoms with Crippen LogP contribution in [0.5, 0.6) is 5.75 Å². The topological polar surface area (TPSA) is 92.5 Å². The van der Waals surface area contributed by atoms with E-state index >= 15 is 0 Å². The number of esters is 2. The third kappa shape index (κ3) is 2.69. The third-order valence-electron chi connectivity index (χ3n) is 2.74. The van der Waals surface area contributed by atoms with Crippen LogP contribution in [0.4, 0.5) is 0 Å². The second-order valence-corrected chi connectivity index (χ2v) is 3.88. The molecule has 2 rings (SSSR count). The Kier molecular flexibility index (Phi) is 4.17. The minimum absolute atomic E-state index is 0.102. The first-order chi connectivity index (χ1) is 10.1. The maximum Gasteiger partial charge on any atom is 0.361 e. The number of benzene rings is 1. The molecule has 0 unspecified atom stereocenters. The zero-order valence-electron chi connectivity index (χ0n) is 11.7. The van der Waals surface area contributed by atoms with Gasteiger partial charge < -0.3 is 14.2 Å². The number of nitrogens with zero attached hydrogens (tertiary/aromatic N) is 3. The van der Waals surface area contributed by atoms with E-state index in [-0.39, 0.29) is 11.4 Å². The predicted molar refractivity (Wildman–Crippen MR) is 70.6 cm³/mol. The molecule has 1 heterocycles. The Morgan fingerprint density at radius 2 is 1.62 bits per heavy atom. The summed E-state index contributed by atoms with van der Waals surface area (Å²) in [5.74, 6) is -0.863. The molecule has 8 heteroatoms. The van der Waals surface area contributed by atoms with Gasteiger partial charge in [-0.25, -0.2) is 14.3 Å². The van der Waals surface area contributed by atoms with Gasteiger partial charge in [0.15, 0.2) is 5.69 Å². The number of methoxy groups -OCH3 is 3. The van der Waals surface area contributed by atoms with Gasteiger partial charge in [-0.3, -0.25) is 0 Å². The SMILES string of the molecule is COC(=O)c1nnn(-c2ccc(OC)cc2)c1C(=O)OC. The average Bonchev–Trinajstić information content (AvgIpc) is 2.98. The molecule has 0 amide bonds. The molecule has 1 aromatic heterocycles. The molecule has 0 saturated heterocycles. The molecule has 110 valence electrons. The van der Waals surface area contributed by atoms with Crippen LogP contribution in [-0.4, -0.2) is 48.3 Å². The molecular weight excluding hydrogens is 278 g/mol. The average molecular weight is 291 g/mol. The van der Waals surface area contributed by atoms with E-state index in [1.165, 1.54) is 18.9 Å². The molecule has 0 atom stereocenters. The Morgan fingerprint density at radius 3 is 2.14 bits per heavy atom. The molecule has 0 fully saturated rings. The van der Waals surface area contributed by atoms with Gasteiger partial charge in [0.2, 0.25) is 5.69 Å². The van der Waals surface area contributed by atoms with E-state index in [1.54, 1.807) is 31.4 Å². The fraction of sp³-hybridized carbons (Fsp3) is 0.231. The molecular formula is C13H13N3O5. The van der Waals surface area contributed by atoms with Crippen molar-refractivity contribution in [2.24, 2.45) is 0 Å². The number of hydrogen-bond donors (Lipinski definition) is 0. The molecule has 1 aromatic carbocycles. The van der Waals surface area contributed by atoms with Gasteiger partial charge in [0, 0.05) is 0 Å². The number of rotatable bonds is 4. The summed E-state index contributed by atoms with van der Waals surface area (Å²) in [4.78, 5) is 23.5. The number of ether oxygens (including phenoxy) is 3. The number of carbonyl (C=O) groups excluding carboxylic acids is 2. The smallest absolute Gasteiger partial charge is 0.361 e. The van der Waals surface area contributed by atoms with Crippen molar-refractivity contribution in [3.05, 3.63) is 35.7 Å². The van der Waals surface area contributed by atoms with Gasteiger partial charge in [0.1, 0.15) is 5.75 Å². The summed E-state index contributed by atoms with van der Waals surface area (Å²) in [7, 11) is 3.93. The van der Waals surface area contributed by atoms with Gasteiger partial charge in [0.05, 0.1) is 27.0 Å². The minimum atomic E-state index is -0.768. The van der Waals surface area contributed by atoms with Crippen molar-refractivity contribution in [3.8, 4) is 11.4 Å². The predicted octanol–water partition coefficient (Wildman–Crippen LogP) is 0.849. The first-order valence-electron chi connectivity index (χ1n) is 5.89. The number of carbonyl (C=O) groups is 2. The zero-order chi connectivity index (χ0) is 15.4. The highest BCUT2D eigenvalue weighted by Gasteiger charge is 2.27. The maximum atomic E-state index is 11.9. The summed E-state index contributed by atoms with van der Waals surface area (Å²) in [5, 5.41) is 7.49. The van der Waals surface area contributed by atoms with Crippen LogP contribution >= 0.6 is 0 Å². The Hall–Kier alpha value is -2.90. The fourth-order valence-corrected chi connectivity index (χ4v) is 1.70. The van der Waals surface area contributed by atoms with Crippen LogP contribution in [0.1, 0.15) is 21.0 Å². The molecule has 8 nitrogen and oxygen atoms in total. The molecule has 21 heavy (non-hydrogen) atoms. The normalized spacial score (nSPS) is 10.0. The highest BCUT2D eigenvalue weighted by molar-refractivity contribution is 6.00. The minimum Gasteiger partial charge on any atom is -0.497 e. The Balaban J connectivity index is 2.54. The van der Waals surface area contributed by atoms with Crippen LogP contribution in [0.25, 0.3) is 5.69 Å². The van der Waals surface area contributed by atoms with Crippen LogP contribution < -0.4 is 4.74 Å². The first kappa shape index (κ1) is 14.5. The number of aromatic nitrogens is 3. The Morgan fingerprint density at radius 1 is 1.00 bits per heavy atom. The largest absolute Gasteiger partial charge is 0.497 e.